The first-order chi connectivity index (χ1) is 11.8. The molecule has 2 aromatic rings. The Morgan fingerprint density at radius 2 is 1.40 bits per heavy atom. The molecule has 0 aliphatic rings. The van der Waals surface area contributed by atoms with Gasteiger partial charge in [-0.15, -0.1) is 0 Å². The molecule has 2 aromatic carbocycles. The van der Waals surface area contributed by atoms with Gasteiger partial charge in [0, 0.05) is 12.1 Å². The maximum Gasteiger partial charge on any atom is 0.318 e. The van der Waals surface area contributed by atoms with Crippen molar-refractivity contribution in [2.75, 3.05) is 0 Å². The maximum atomic E-state index is 11.2. The molecule has 0 N–H and O–H groups in total. The van der Waals surface area contributed by atoms with Gasteiger partial charge < -0.3 is 4.74 Å². The van der Waals surface area contributed by atoms with Gasteiger partial charge in [0.05, 0.1) is 20.8 Å². The van der Waals surface area contributed by atoms with Crippen LogP contribution in [-0.4, -0.2) is 14.8 Å². The number of nitrogens with zero attached hydrogens (tertiary/aromatic N) is 3. The van der Waals surface area contributed by atoms with Crippen molar-refractivity contribution in [2.24, 2.45) is 0 Å². The Hall–Kier alpha value is -3.56. The average molecular weight is 347 g/mol. The van der Waals surface area contributed by atoms with E-state index in [1.54, 1.807) is 6.07 Å². The van der Waals surface area contributed by atoms with Gasteiger partial charge in [0.25, 0.3) is 5.69 Å². The highest BCUT2D eigenvalue weighted by Crippen LogP contribution is 2.38. The SMILES string of the molecule is CCCc1ccc(Oc2ccc([N+](=O)[O-])cc2[N+](=O)[O-])c([N+](=O)[O-])c1. The molecule has 10 heteroatoms. The lowest BCUT2D eigenvalue weighted by atomic mass is 10.1. The first-order valence-corrected chi connectivity index (χ1v) is 7.21. The third-order valence-electron chi connectivity index (χ3n) is 3.33. The second-order valence-electron chi connectivity index (χ2n) is 5.08. The van der Waals surface area contributed by atoms with Crippen molar-refractivity contribution < 1.29 is 19.5 Å². The molecule has 0 saturated heterocycles. The molecule has 0 unspecified atom stereocenters. The van der Waals surface area contributed by atoms with Crippen LogP contribution in [0.15, 0.2) is 36.4 Å². The normalized spacial score (nSPS) is 10.3. The van der Waals surface area contributed by atoms with Gasteiger partial charge in [-0.05, 0) is 24.1 Å². The molecule has 0 aliphatic carbocycles. The molecule has 0 radical (unpaired) electrons. The molecule has 0 spiro atoms. The molecule has 2 rings (SSSR count). The number of nitro benzene ring substituents is 3. The van der Waals surface area contributed by atoms with Crippen molar-refractivity contribution in [1.29, 1.82) is 0 Å². The molecule has 0 bridgehead atoms. The van der Waals surface area contributed by atoms with Crippen molar-refractivity contribution in [3.8, 4) is 11.5 Å². The molecule has 130 valence electrons. The van der Waals surface area contributed by atoms with E-state index in [0.717, 1.165) is 30.2 Å². The number of hydrogen-bond acceptors (Lipinski definition) is 7. The van der Waals surface area contributed by atoms with Crippen molar-refractivity contribution in [3.63, 3.8) is 0 Å². The fraction of sp³-hybridized carbons (Fsp3) is 0.200. The van der Waals surface area contributed by atoms with Crippen LogP contribution < -0.4 is 4.74 Å². The summed E-state index contributed by atoms with van der Waals surface area (Å²) in [5, 5.41) is 33.1. The van der Waals surface area contributed by atoms with E-state index in [1.165, 1.54) is 12.1 Å². The van der Waals surface area contributed by atoms with E-state index < -0.39 is 26.1 Å². The molecular weight excluding hydrogens is 334 g/mol. The topological polar surface area (TPSA) is 139 Å². The van der Waals surface area contributed by atoms with E-state index in [-0.39, 0.29) is 17.2 Å². The average Bonchev–Trinajstić information content (AvgIpc) is 2.56. The van der Waals surface area contributed by atoms with E-state index in [4.69, 9.17) is 4.74 Å². The Balaban J connectivity index is 2.47. The molecule has 25 heavy (non-hydrogen) atoms. The van der Waals surface area contributed by atoms with Gasteiger partial charge in [0.15, 0.2) is 0 Å². The highest BCUT2D eigenvalue weighted by atomic mass is 16.6. The Labute approximate surface area is 141 Å². The van der Waals surface area contributed by atoms with Crippen LogP contribution in [0.1, 0.15) is 18.9 Å². The predicted octanol–water partition coefficient (Wildman–Crippen LogP) is 4.16. The molecule has 0 saturated carbocycles. The van der Waals surface area contributed by atoms with Gasteiger partial charge in [-0.25, -0.2) is 0 Å². The lowest BCUT2D eigenvalue weighted by molar-refractivity contribution is -0.394. The standard InChI is InChI=1S/C15H13N3O7/c1-2-3-10-4-6-14(12(8-10)17(21)22)25-15-7-5-11(16(19)20)9-13(15)18(23)24/h4-9H,2-3H2,1H3. The molecule has 0 fully saturated rings. The third kappa shape index (κ3) is 4.05. The van der Waals surface area contributed by atoms with Crippen molar-refractivity contribution in [3.05, 3.63) is 72.3 Å². The fourth-order valence-electron chi connectivity index (χ4n) is 2.20. The number of rotatable bonds is 7. The number of benzene rings is 2. The number of hydrogen-bond donors (Lipinski definition) is 0. The summed E-state index contributed by atoms with van der Waals surface area (Å²) in [4.78, 5) is 30.8. The minimum Gasteiger partial charge on any atom is -0.443 e. The van der Waals surface area contributed by atoms with Gasteiger partial charge in [-0.1, -0.05) is 19.4 Å². The summed E-state index contributed by atoms with van der Waals surface area (Å²) in [6.45, 7) is 1.93. The van der Waals surface area contributed by atoms with Crippen LogP contribution >= 0.6 is 0 Å². The Morgan fingerprint density at radius 1 is 0.840 bits per heavy atom. The zero-order chi connectivity index (χ0) is 18.6. The molecule has 0 aliphatic heterocycles. The maximum absolute atomic E-state index is 11.2. The van der Waals surface area contributed by atoms with Gasteiger partial charge in [0.1, 0.15) is 0 Å². The lowest BCUT2D eigenvalue weighted by Crippen LogP contribution is -1.99. The lowest BCUT2D eigenvalue weighted by Gasteiger charge is -2.08. The summed E-state index contributed by atoms with van der Waals surface area (Å²) >= 11 is 0. The second-order valence-corrected chi connectivity index (χ2v) is 5.08. The van der Waals surface area contributed by atoms with E-state index in [1.807, 2.05) is 6.92 Å². The first kappa shape index (κ1) is 17.8. The largest absolute Gasteiger partial charge is 0.443 e. The Morgan fingerprint density at radius 3 is 1.92 bits per heavy atom. The highest BCUT2D eigenvalue weighted by Gasteiger charge is 2.24. The van der Waals surface area contributed by atoms with E-state index in [9.17, 15) is 30.3 Å². The van der Waals surface area contributed by atoms with Crippen LogP contribution in [0.5, 0.6) is 11.5 Å². The van der Waals surface area contributed by atoms with Gasteiger partial charge in [-0.3, -0.25) is 30.3 Å². The third-order valence-corrected chi connectivity index (χ3v) is 3.33. The van der Waals surface area contributed by atoms with Gasteiger partial charge in [0.2, 0.25) is 11.5 Å². The first-order valence-electron chi connectivity index (χ1n) is 7.21. The second kappa shape index (κ2) is 7.34. The van der Waals surface area contributed by atoms with Crippen molar-refractivity contribution >= 4 is 17.1 Å². The zero-order valence-electron chi connectivity index (χ0n) is 13.1. The number of ether oxygens (including phenoxy) is 1. The molecular formula is C15H13N3O7. The monoisotopic (exact) mass is 347 g/mol. The molecule has 0 aromatic heterocycles. The number of aryl methyl sites for hydroxylation is 1. The fourth-order valence-corrected chi connectivity index (χ4v) is 2.20. The van der Waals surface area contributed by atoms with Crippen LogP contribution in [0.25, 0.3) is 0 Å². The summed E-state index contributed by atoms with van der Waals surface area (Å²) in [6, 6.07) is 7.14. The Bertz CT molecular complexity index is 851. The van der Waals surface area contributed by atoms with Crippen molar-refractivity contribution in [2.45, 2.75) is 19.8 Å². The van der Waals surface area contributed by atoms with Crippen LogP contribution in [0.3, 0.4) is 0 Å². The summed E-state index contributed by atoms with van der Waals surface area (Å²) in [6.07, 6.45) is 1.43. The minimum atomic E-state index is -0.848. The Kier molecular flexibility index (Phi) is 5.22. The number of non-ortho nitro benzene ring substituents is 1. The van der Waals surface area contributed by atoms with Crippen LogP contribution in [0.2, 0.25) is 0 Å². The summed E-state index contributed by atoms with van der Waals surface area (Å²) in [5.74, 6) is -0.497. The van der Waals surface area contributed by atoms with E-state index in [0.29, 0.717) is 6.42 Å². The van der Waals surface area contributed by atoms with Gasteiger partial charge in [-0.2, -0.15) is 0 Å². The molecule has 0 amide bonds. The summed E-state index contributed by atoms with van der Waals surface area (Å²) < 4.78 is 5.33. The zero-order valence-corrected chi connectivity index (χ0v) is 13.1. The quantitative estimate of drug-likeness (QED) is 0.541. The molecule has 10 nitrogen and oxygen atoms in total. The summed E-state index contributed by atoms with van der Waals surface area (Å²) in [5.41, 5.74) is -0.730. The van der Waals surface area contributed by atoms with Crippen LogP contribution in [0, 0.1) is 30.3 Å². The predicted molar refractivity (Wildman–Crippen MR) is 86.9 cm³/mol. The van der Waals surface area contributed by atoms with Crippen LogP contribution in [-0.2, 0) is 6.42 Å². The highest BCUT2D eigenvalue weighted by molar-refractivity contribution is 5.57. The minimum absolute atomic E-state index is 0.179. The number of nitro groups is 3. The summed E-state index contributed by atoms with van der Waals surface area (Å²) in [7, 11) is 0. The van der Waals surface area contributed by atoms with Gasteiger partial charge >= 0.3 is 11.4 Å². The molecule has 0 heterocycles. The van der Waals surface area contributed by atoms with Crippen LogP contribution in [0.4, 0.5) is 17.1 Å². The smallest absolute Gasteiger partial charge is 0.318 e. The van der Waals surface area contributed by atoms with Crippen molar-refractivity contribution in [1.82, 2.24) is 0 Å². The molecule has 0 atom stereocenters. The van der Waals surface area contributed by atoms with E-state index >= 15 is 0 Å². The van der Waals surface area contributed by atoms with E-state index in [2.05, 4.69) is 0 Å².